The zero-order chi connectivity index (χ0) is 23.2. The van der Waals surface area contributed by atoms with Gasteiger partial charge in [-0.05, 0) is 37.1 Å². The average molecular weight is 450 g/mol. The Bertz CT molecular complexity index is 1030. The van der Waals surface area contributed by atoms with Gasteiger partial charge in [0.1, 0.15) is 18.4 Å². The molecule has 1 atom stereocenters. The van der Waals surface area contributed by atoms with Gasteiger partial charge in [0.15, 0.2) is 0 Å². The molecule has 9 heteroatoms. The van der Waals surface area contributed by atoms with Crippen LogP contribution in [0.2, 0.25) is 0 Å². The lowest BCUT2D eigenvalue weighted by Crippen LogP contribution is -2.51. The van der Waals surface area contributed by atoms with Crippen LogP contribution in [-0.2, 0) is 26.2 Å². The topological polar surface area (TPSA) is 86.8 Å². The number of sulfonamides is 1. The van der Waals surface area contributed by atoms with Crippen LogP contribution in [0, 0.1) is 12.7 Å². The van der Waals surface area contributed by atoms with E-state index in [4.69, 9.17) is 0 Å². The molecule has 0 aromatic heterocycles. The quantitative estimate of drug-likeness (QED) is 0.637. The molecule has 0 bridgehead atoms. The molecule has 2 aromatic carbocycles. The molecule has 2 aromatic rings. The maximum atomic E-state index is 13.7. The zero-order valence-corrected chi connectivity index (χ0v) is 18.9. The molecule has 7 nitrogen and oxygen atoms in total. The van der Waals surface area contributed by atoms with E-state index in [1.54, 1.807) is 6.92 Å². The number of hydrogen-bond donors (Lipinski definition) is 1. The molecular weight excluding hydrogens is 421 g/mol. The van der Waals surface area contributed by atoms with Gasteiger partial charge < -0.3 is 10.2 Å². The van der Waals surface area contributed by atoms with Crippen molar-refractivity contribution < 1.29 is 22.4 Å². The minimum atomic E-state index is -3.88. The van der Waals surface area contributed by atoms with Gasteiger partial charge in [0, 0.05) is 13.6 Å². The van der Waals surface area contributed by atoms with Crippen molar-refractivity contribution in [3.05, 3.63) is 65.5 Å². The molecule has 0 radical (unpaired) electrons. The summed E-state index contributed by atoms with van der Waals surface area (Å²) in [5, 5.41) is 2.55. The molecule has 31 heavy (non-hydrogen) atoms. The van der Waals surface area contributed by atoms with Crippen LogP contribution in [0.3, 0.4) is 0 Å². The number of aryl methyl sites for hydroxylation is 1. The van der Waals surface area contributed by atoms with E-state index < -0.39 is 34.3 Å². The molecule has 2 amide bonds. The number of amides is 2. The van der Waals surface area contributed by atoms with Gasteiger partial charge in [0.25, 0.3) is 0 Å². The number of rotatable bonds is 9. The first-order chi connectivity index (χ1) is 14.6. The summed E-state index contributed by atoms with van der Waals surface area (Å²) in [5.41, 5.74) is 1.89. The number of benzene rings is 2. The standard InChI is InChI=1S/C22H28FN3O4S/c1-5-20(22(28)24-3)25(14-17-11-9-16(2)10-12-17)21(27)15-26(31(4,29)30)19-8-6-7-18(23)13-19/h6-13,20H,5,14-15H2,1-4H3,(H,24,28)/t20-/m0/s1. The molecule has 168 valence electrons. The molecule has 0 aliphatic carbocycles. The van der Waals surface area contributed by atoms with Crippen molar-refractivity contribution in [2.24, 2.45) is 0 Å². The van der Waals surface area contributed by atoms with Crippen LogP contribution in [0.5, 0.6) is 0 Å². The van der Waals surface area contributed by atoms with Gasteiger partial charge in [-0.3, -0.25) is 13.9 Å². The van der Waals surface area contributed by atoms with E-state index in [0.29, 0.717) is 6.42 Å². The Kier molecular flexibility index (Phi) is 8.15. The van der Waals surface area contributed by atoms with Gasteiger partial charge in [-0.15, -0.1) is 0 Å². The maximum Gasteiger partial charge on any atom is 0.244 e. The molecule has 0 aliphatic heterocycles. The Balaban J connectivity index is 2.41. The van der Waals surface area contributed by atoms with Crippen molar-refractivity contribution in [1.82, 2.24) is 10.2 Å². The Hall–Kier alpha value is -2.94. The Morgan fingerprint density at radius 2 is 1.77 bits per heavy atom. The van der Waals surface area contributed by atoms with E-state index >= 15 is 0 Å². The average Bonchev–Trinajstić information content (AvgIpc) is 2.72. The summed E-state index contributed by atoms with van der Waals surface area (Å²) in [5.74, 6) is -1.53. The van der Waals surface area contributed by atoms with Gasteiger partial charge in [-0.1, -0.05) is 42.8 Å². The summed E-state index contributed by atoms with van der Waals surface area (Å²) in [7, 11) is -2.40. The van der Waals surface area contributed by atoms with E-state index in [0.717, 1.165) is 27.8 Å². The second-order valence-corrected chi connectivity index (χ2v) is 9.20. The van der Waals surface area contributed by atoms with E-state index in [-0.39, 0.29) is 18.1 Å². The van der Waals surface area contributed by atoms with Crippen molar-refractivity contribution in [3.8, 4) is 0 Å². The third-order valence-electron chi connectivity index (χ3n) is 4.88. The molecule has 0 aliphatic rings. The smallest absolute Gasteiger partial charge is 0.244 e. The van der Waals surface area contributed by atoms with Crippen LogP contribution in [0.15, 0.2) is 48.5 Å². The SMILES string of the molecule is CC[C@@H](C(=O)NC)N(Cc1ccc(C)cc1)C(=O)CN(c1cccc(F)c1)S(C)(=O)=O. The predicted octanol–water partition coefficient (Wildman–Crippen LogP) is 2.45. The Morgan fingerprint density at radius 1 is 1.13 bits per heavy atom. The van der Waals surface area contributed by atoms with Crippen molar-refractivity contribution in [1.29, 1.82) is 0 Å². The first-order valence-corrected chi connectivity index (χ1v) is 11.7. The summed E-state index contributed by atoms with van der Waals surface area (Å²) in [6, 6.07) is 11.7. The maximum absolute atomic E-state index is 13.7. The molecule has 0 heterocycles. The highest BCUT2D eigenvalue weighted by atomic mass is 32.2. The minimum absolute atomic E-state index is 0.0409. The van der Waals surface area contributed by atoms with E-state index in [1.165, 1.54) is 30.1 Å². The van der Waals surface area contributed by atoms with Gasteiger partial charge in [-0.2, -0.15) is 0 Å². The first-order valence-electron chi connectivity index (χ1n) is 9.86. The normalized spacial score (nSPS) is 12.2. The number of nitrogens with one attached hydrogen (secondary N) is 1. The van der Waals surface area contributed by atoms with Crippen LogP contribution >= 0.6 is 0 Å². The molecule has 2 rings (SSSR count). The number of nitrogens with zero attached hydrogens (tertiary/aromatic N) is 2. The summed E-state index contributed by atoms with van der Waals surface area (Å²) in [4.78, 5) is 27.1. The van der Waals surface area contributed by atoms with Gasteiger partial charge in [0.2, 0.25) is 21.8 Å². The highest BCUT2D eigenvalue weighted by molar-refractivity contribution is 7.92. The third kappa shape index (κ3) is 6.52. The van der Waals surface area contributed by atoms with Crippen LogP contribution in [0.1, 0.15) is 24.5 Å². The lowest BCUT2D eigenvalue weighted by Gasteiger charge is -2.32. The van der Waals surface area contributed by atoms with Crippen molar-refractivity contribution >= 4 is 27.5 Å². The number of anilines is 1. The van der Waals surface area contributed by atoms with E-state index in [9.17, 15) is 22.4 Å². The number of carbonyl (C=O) groups is 2. The lowest BCUT2D eigenvalue weighted by molar-refractivity contribution is -0.140. The fourth-order valence-electron chi connectivity index (χ4n) is 3.22. The molecular formula is C22H28FN3O4S. The number of likely N-dealkylation sites (N-methyl/N-ethyl adjacent to an activating group) is 1. The van der Waals surface area contributed by atoms with Crippen molar-refractivity contribution in [2.75, 3.05) is 24.2 Å². The van der Waals surface area contributed by atoms with E-state index in [1.807, 2.05) is 31.2 Å². The molecule has 1 N–H and O–H groups in total. The first kappa shape index (κ1) is 24.3. The summed E-state index contributed by atoms with van der Waals surface area (Å²) < 4.78 is 39.3. The van der Waals surface area contributed by atoms with Gasteiger partial charge >= 0.3 is 0 Å². The van der Waals surface area contributed by atoms with Crippen LogP contribution in [-0.4, -0.2) is 51.0 Å². The zero-order valence-electron chi connectivity index (χ0n) is 18.1. The van der Waals surface area contributed by atoms with Crippen LogP contribution < -0.4 is 9.62 Å². The van der Waals surface area contributed by atoms with E-state index in [2.05, 4.69) is 5.32 Å². The van der Waals surface area contributed by atoms with Gasteiger partial charge in [0.05, 0.1) is 11.9 Å². The van der Waals surface area contributed by atoms with Crippen molar-refractivity contribution in [2.45, 2.75) is 32.9 Å². The second-order valence-electron chi connectivity index (χ2n) is 7.30. The largest absolute Gasteiger partial charge is 0.357 e. The molecule has 0 saturated carbocycles. The number of hydrogen-bond acceptors (Lipinski definition) is 4. The highest BCUT2D eigenvalue weighted by Crippen LogP contribution is 2.20. The molecule has 0 spiro atoms. The van der Waals surface area contributed by atoms with Gasteiger partial charge in [-0.25, -0.2) is 12.8 Å². The summed E-state index contributed by atoms with van der Waals surface area (Å²) in [6.45, 7) is 3.29. The minimum Gasteiger partial charge on any atom is -0.357 e. The highest BCUT2D eigenvalue weighted by Gasteiger charge is 2.31. The Morgan fingerprint density at radius 3 is 2.29 bits per heavy atom. The fourth-order valence-corrected chi connectivity index (χ4v) is 4.06. The molecule has 0 saturated heterocycles. The number of halogens is 1. The van der Waals surface area contributed by atoms with Crippen LogP contribution in [0.4, 0.5) is 10.1 Å². The second kappa shape index (κ2) is 10.4. The molecule has 0 unspecified atom stereocenters. The third-order valence-corrected chi connectivity index (χ3v) is 6.02. The lowest BCUT2D eigenvalue weighted by atomic mass is 10.1. The predicted molar refractivity (Wildman–Crippen MR) is 118 cm³/mol. The Labute approximate surface area is 182 Å². The fraction of sp³-hybridized carbons (Fsp3) is 0.364. The monoisotopic (exact) mass is 449 g/mol. The summed E-state index contributed by atoms with van der Waals surface area (Å²) in [6.07, 6.45) is 1.29. The molecule has 0 fully saturated rings. The number of carbonyl (C=O) groups excluding carboxylic acids is 2. The summed E-state index contributed by atoms with van der Waals surface area (Å²) >= 11 is 0. The van der Waals surface area contributed by atoms with Crippen molar-refractivity contribution in [3.63, 3.8) is 0 Å². The van der Waals surface area contributed by atoms with Crippen LogP contribution in [0.25, 0.3) is 0 Å².